The lowest BCUT2D eigenvalue weighted by atomic mass is 10.0. The van der Waals surface area contributed by atoms with Gasteiger partial charge in [-0.3, -0.25) is 14.1 Å². The molecule has 1 unspecified atom stereocenters. The van der Waals surface area contributed by atoms with E-state index < -0.39 is 27.0 Å². The third kappa shape index (κ3) is 13.3. The molecule has 1 heterocycles. The summed E-state index contributed by atoms with van der Waals surface area (Å²) in [4.78, 5) is 26.1. The number of carbonyl (C=O) groups is 2. The highest BCUT2D eigenvalue weighted by molar-refractivity contribution is 7.86. The van der Waals surface area contributed by atoms with Gasteiger partial charge in [0.1, 0.15) is 16.4 Å². The van der Waals surface area contributed by atoms with Crippen molar-refractivity contribution in [3.05, 3.63) is 78.9 Å². The van der Waals surface area contributed by atoms with E-state index in [1.54, 1.807) is 54.6 Å². The van der Waals surface area contributed by atoms with Crippen molar-refractivity contribution in [1.29, 1.82) is 0 Å². The summed E-state index contributed by atoms with van der Waals surface area (Å²) in [6.45, 7) is 2.25. The van der Waals surface area contributed by atoms with Gasteiger partial charge in [0, 0.05) is 6.42 Å². The molecule has 1 aliphatic heterocycles. The summed E-state index contributed by atoms with van der Waals surface area (Å²) in [5.41, 5.74) is 0.530. The Hall–Kier alpha value is -4.42. The predicted octanol–water partition coefficient (Wildman–Crippen LogP) is 9.92. The minimum atomic E-state index is -4.77. The largest absolute Gasteiger partial charge is 0.456 e. The smallest absolute Gasteiger partial charge is 0.298 e. The molecule has 0 saturated heterocycles. The van der Waals surface area contributed by atoms with Gasteiger partial charge in [-0.25, -0.2) is 0 Å². The SMILES string of the molecule is CCCCCCCCCCCCCCCCCC(=O)NC1=NN(c2ccc(Oc3ccccc3)c(S(=O)(=O)O)c2)C(=O)C1N=Nc1ccccc1. The normalized spacial score (nSPS) is 14.6. The number of hydrogen-bond acceptors (Lipinski definition) is 8. The lowest BCUT2D eigenvalue weighted by Gasteiger charge is -2.15. The minimum Gasteiger partial charge on any atom is -0.456 e. The van der Waals surface area contributed by atoms with Crippen molar-refractivity contribution in [1.82, 2.24) is 5.32 Å². The number of unbranched alkanes of at least 4 members (excludes halogenated alkanes) is 14. The number of hydrazone groups is 1. The number of anilines is 1. The summed E-state index contributed by atoms with van der Waals surface area (Å²) in [5, 5.41) is 16.4. The quantitative estimate of drug-likeness (QED) is 0.0600. The van der Waals surface area contributed by atoms with E-state index in [0.717, 1.165) is 30.3 Å². The highest BCUT2D eigenvalue weighted by Gasteiger charge is 2.39. The van der Waals surface area contributed by atoms with Crippen molar-refractivity contribution in [2.75, 3.05) is 5.01 Å². The van der Waals surface area contributed by atoms with Gasteiger partial charge in [0.15, 0.2) is 5.84 Å². The number of nitrogens with zero attached hydrogens (tertiary/aromatic N) is 4. The van der Waals surface area contributed by atoms with Gasteiger partial charge in [-0.2, -0.15) is 23.7 Å². The lowest BCUT2D eigenvalue weighted by Crippen LogP contribution is -2.39. The van der Waals surface area contributed by atoms with Crippen LogP contribution in [0.4, 0.5) is 11.4 Å². The number of carbonyl (C=O) groups excluding carboxylic acids is 2. The van der Waals surface area contributed by atoms with Gasteiger partial charge in [-0.1, -0.05) is 133 Å². The summed E-state index contributed by atoms with van der Waals surface area (Å²) in [7, 11) is -4.77. The molecule has 4 rings (SSSR count). The second-order valence-corrected chi connectivity index (χ2v) is 14.2. The Morgan fingerprint density at radius 3 is 1.92 bits per heavy atom. The first-order valence-electron chi connectivity index (χ1n) is 18.3. The van der Waals surface area contributed by atoms with Crippen LogP contribution in [-0.2, 0) is 19.7 Å². The molecule has 1 atom stereocenters. The molecule has 3 aromatic rings. The molecule has 0 spiro atoms. The topological polar surface area (TPSA) is 150 Å². The highest BCUT2D eigenvalue weighted by atomic mass is 32.2. The molecule has 0 aliphatic carbocycles. The van der Waals surface area contributed by atoms with Gasteiger partial charge in [-0.15, -0.1) is 5.10 Å². The lowest BCUT2D eigenvalue weighted by molar-refractivity contribution is -0.119. The van der Waals surface area contributed by atoms with Crippen LogP contribution in [-0.4, -0.2) is 36.7 Å². The zero-order valence-corrected chi connectivity index (χ0v) is 30.4. The Morgan fingerprint density at radius 2 is 1.35 bits per heavy atom. The standard InChI is InChI=1S/C39H51N5O6S/c1-2-3-4-5-6-7-8-9-10-11-12-13-14-15-22-27-36(45)40-38-37(42-41-31-23-18-16-19-24-31)39(46)44(43-38)32-28-29-34(35(30-32)51(47,48)49)50-33-25-20-17-21-26-33/h16-21,23-26,28-30,37H,2-15,22,27H2,1H3,(H,40,43,45)(H,47,48,49). The van der Waals surface area contributed by atoms with Crippen LogP contribution in [0.25, 0.3) is 0 Å². The van der Waals surface area contributed by atoms with E-state index in [2.05, 4.69) is 27.6 Å². The van der Waals surface area contributed by atoms with E-state index in [4.69, 9.17) is 4.74 Å². The summed E-state index contributed by atoms with van der Waals surface area (Å²) in [6, 6.07) is 19.9. The second-order valence-electron chi connectivity index (χ2n) is 12.9. The summed E-state index contributed by atoms with van der Waals surface area (Å²) < 4.78 is 40.4. The fourth-order valence-corrected chi connectivity index (χ4v) is 6.47. The monoisotopic (exact) mass is 717 g/mol. The van der Waals surface area contributed by atoms with Gasteiger partial charge in [0.05, 0.1) is 11.4 Å². The van der Waals surface area contributed by atoms with Crippen molar-refractivity contribution in [3.8, 4) is 11.5 Å². The first kappa shape index (κ1) is 39.4. The van der Waals surface area contributed by atoms with E-state index in [1.165, 1.54) is 82.8 Å². The first-order chi connectivity index (χ1) is 24.8. The predicted molar refractivity (Wildman–Crippen MR) is 200 cm³/mol. The number of rotatable bonds is 22. The molecular weight excluding hydrogens is 667 g/mol. The van der Waals surface area contributed by atoms with Gasteiger partial charge >= 0.3 is 0 Å². The van der Waals surface area contributed by atoms with Crippen molar-refractivity contribution in [3.63, 3.8) is 0 Å². The number of amides is 2. The Morgan fingerprint density at radius 1 is 0.804 bits per heavy atom. The maximum absolute atomic E-state index is 13.6. The Kier molecular flexibility index (Phi) is 16.3. The van der Waals surface area contributed by atoms with Crippen LogP contribution in [0.1, 0.15) is 110 Å². The van der Waals surface area contributed by atoms with Gasteiger partial charge in [-0.05, 0) is 48.9 Å². The maximum atomic E-state index is 13.6. The van der Waals surface area contributed by atoms with Crippen molar-refractivity contribution >= 4 is 39.1 Å². The number of hydrogen-bond donors (Lipinski definition) is 2. The number of benzene rings is 3. The molecule has 274 valence electrons. The highest BCUT2D eigenvalue weighted by Crippen LogP contribution is 2.34. The molecule has 51 heavy (non-hydrogen) atoms. The molecule has 1 aliphatic rings. The maximum Gasteiger partial charge on any atom is 0.298 e. The van der Waals surface area contributed by atoms with Crippen molar-refractivity contribution in [2.24, 2.45) is 15.3 Å². The van der Waals surface area contributed by atoms with Crippen LogP contribution in [0.15, 0.2) is 99.1 Å². The number of nitrogens with one attached hydrogen (secondary N) is 1. The van der Waals surface area contributed by atoms with Crippen molar-refractivity contribution in [2.45, 2.75) is 121 Å². The molecule has 0 bridgehead atoms. The van der Waals surface area contributed by atoms with E-state index in [0.29, 0.717) is 17.9 Å². The van der Waals surface area contributed by atoms with Crippen molar-refractivity contribution < 1.29 is 27.3 Å². The molecule has 2 N–H and O–H groups in total. The molecule has 0 aromatic heterocycles. The Labute approximate surface area is 302 Å². The van der Waals surface area contributed by atoms with E-state index in [1.807, 2.05) is 6.07 Å². The Bertz CT molecular complexity index is 1700. The minimum absolute atomic E-state index is 0.0244. The summed E-state index contributed by atoms with van der Waals surface area (Å²) in [6.07, 6.45) is 18.6. The number of ether oxygens (including phenoxy) is 1. The average Bonchev–Trinajstić information content (AvgIpc) is 3.43. The number of amidine groups is 1. The van der Waals surface area contributed by atoms with Gasteiger partial charge < -0.3 is 10.1 Å². The van der Waals surface area contributed by atoms with Crippen LogP contribution in [0.3, 0.4) is 0 Å². The Balaban J connectivity index is 1.32. The number of azo groups is 1. The molecule has 0 radical (unpaired) electrons. The zero-order chi connectivity index (χ0) is 36.3. The third-order valence-electron chi connectivity index (χ3n) is 8.65. The van der Waals surface area contributed by atoms with Crippen LogP contribution in [0.2, 0.25) is 0 Å². The molecule has 0 fully saturated rings. The van der Waals surface area contributed by atoms with Gasteiger partial charge in [0.25, 0.3) is 16.0 Å². The van der Waals surface area contributed by atoms with E-state index in [-0.39, 0.29) is 29.6 Å². The van der Waals surface area contributed by atoms with E-state index in [9.17, 15) is 22.6 Å². The molecular formula is C39H51N5O6S. The summed E-state index contributed by atoms with van der Waals surface area (Å²) in [5.74, 6) is -0.770. The molecule has 2 amide bonds. The molecule has 12 heteroatoms. The molecule has 3 aromatic carbocycles. The third-order valence-corrected chi connectivity index (χ3v) is 9.52. The molecule has 0 saturated carbocycles. The van der Waals surface area contributed by atoms with Crippen LogP contribution < -0.4 is 15.1 Å². The average molecular weight is 718 g/mol. The van der Waals surface area contributed by atoms with Crippen LogP contribution in [0.5, 0.6) is 11.5 Å². The van der Waals surface area contributed by atoms with E-state index >= 15 is 0 Å². The summed E-state index contributed by atoms with van der Waals surface area (Å²) >= 11 is 0. The zero-order valence-electron chi connectivity index (χ0n) is 29.6. The van der Waals surface area contributed by atoms with Gasteiger partial charge in [0.2, 0.25) is 11.9 Å². The first-order valence-corrected chi connectivity index (χ1v) is 19.7. The second kappa shape index (κ2) is 21.1. The molecule has 11 nitrogen and oxygen atoms in total. The van der Waals surface area contributed by atoms with Crippen LogP contribution >= 0.6 is 0 Å². The van der Waals surface area contributed by atoms with Crippen LogP contribution in [0, 0.1) is 0 Å². The fourth-order valence-electron chi connectivity index (χ4n) is 5.84. The fraction of sp³-hybridized carbons (Fsp3) is 0.462. The number of para-hydroxylation sites is 1.